The van der Waals surface area contributed by atoms with Gasteiger partial charge in [0.05, 0.1) is 4.90 Å². The van der Waals surface area contributed by atoms with E-state index in [2.05, 4.69) is 30.9 Å². The minimum Gasteiger partial charge on any atom is -0.507 e. The molecule has 0 amide bonds. The number of phenols is 2. The molecule has 0 unspecified atom stereocenters. The topological polar surface area (TPSA) is 170 Å². The fourth-order valence-electron chi connectivity index (χ4n) is 4.33. The summed E-state index contributed by atoms with van der Waals surface area (Å²) in [7, 11) is -4.33. The Balaban J connectivity index is 1.35. The molecule has 41 heavy (non-hydrogen) atoms. The molecule has 0 radical (unpaired) electrons. The Kier molecular flexibility index (Phi) is 6.46. The van der Waals surface area contributed by atoms with Crippen LogP contribution >= 0.6 is 0 Å². The van der Waals surface area contributed by atoms with Gasteiger partial charge < -0.3 is 26.2 Å². The van der Waals surface area contributed by atoms with E-state index >= 15 is 0 Å². The van der Waals surface area contributed by atoms with Gasteiger partial charge in [-0.1, -0.05) is 24.3 Å². The lowest BCUT2D eigenvalue weighted by Gasteiger charge is -2.13. The molecule has 0 bridgehead atoms. The molecule has 0 aliphatic heterocycles. The van der Waals surface area contributed by atoms with E-state index in [4.69, 9.17) is 0 Å². The van der Waals surface area contributed by atoms with Gasteiger partial charge in [-0.15, -0.1) is 0 Å². The minimum atomic E-state index is -4.33. The quantitative estimate of drug-likeness (QED) is 0.124. The summed E-state index contributed by atoms with van der Waals surface area (Å²) < 4.78 is 32.1. The molecule has 5 aromatic carbocycles. The Bertz CT molecular complexity index is 1930. The van der Waals surface area contributed by atoms with Crippen molar-refractivity contribution in [1.29, 1.82) is 0 Å². The van der Waals surface area contributed by atoms with Crippen molar-refractivity contribution in [2.75, 3.05) is 16.0 Å². The summed E-state index contributed by atoms with van der Waals surface area (Å²) in [5, 5.41) is 32.6. The second kappa shape index (κ2) is 10.3. The first-order valence-electron chi connectivity index (χ1n) is 12.3. The number of hydrogen-bond donors (Lipinski definition) is 6. The van der Waals surface area contributed by atoms with Gasteiger partial charge in [-0.3, -0.25) is 4.55 Å². The number of fused-ring (bicyclic) bond motifs is 2. The Hall–Kier alpha value is -5.46. The zero-order valence-electron chi connectivity index (χ0n) is 21.1. The molecule has 0 saturated carbocycles. The van der Waals surface area contributed by atoms with E-state index < -0.39 is 10.1 Å². The molecule has 0 aliphatic rings. The average molecular weight is 567 g/mol. The summed E-state index contributed by atoms with van der Waals surface area (Å²) in [5.41, 5.74) is 1.82. The fraction of sp³-hybridized carbons (Fsp3) is 0. The highest BCUT2D eigenvalue weighted by Gasteiger charge is 2.12. The molecular weight excluding hydrogens is 544 g/mol. The van der Waals surface area contributed by atoms with Crippen molar-refractivity contribution < 1.29 is 23.2 Å². The molecule has 11 nitrogen and oxygen atoms in total. The van der Waals surface area contributed by atoms with E-state index in [-0.39, 0.29) is 34.2 Å². The Morgan fingerprint density at radius 2 is 0.951 bits per heavy atom. The standard InChI is InChI=1S/C29H22N6O5S/c36-25-5-1-3-17-15-20(9-13-23(17)25)31-28-33-27(30-19-7-11-22(12-8-19)41(38,39)40)34-29(35-28)32-21-10-14-24-18(16-21)4-2-6-26(24)37/h1-16,36-37H,(H,38,39,40)(H3,30,31,32,33,34,35). The number of aromatic nitrogens is 3. The van der Waals surface area contributed by atoms with Crippen LogP contribution < -0.4 is 16.0 Å². The summed E-state index contributed by atoms with van der Waals surface area (Å²) in [4.78, 5) is 13.2. The van der Waals surface area contributed by atoms with E-state index in [1.165, 1.54) is 24.3 Å². The van der Waals surface area contributed by atoms with E-state index in [1.807, 2.05) is 24.3 Å². The van der Waals surface area contributed by atoms with Gasteiger partial charge >= 0.3 is 0 Å². The highest BCUT2D eigenvalue weighted by molar-refractivity contribution is 7.85. The molecule has 1 aromatic heterocycles. The zero-order chi connectivity index (χ0) is 28.6. The number of benzene rings is 5. The van der Waals surface area contributed by atoms with E-state index in [1.54, 1.807) is 48.5 Å². The van der Waals surface area contributed by atoms with E-state index in [0.717, 1.165) is 10.8 Å². The van der Waals surface area contributed by atoms with Crippen LogP contribution in [0, 0.1) is 0 Å². The molecule has 6 aromatic rings. The molecule has 0 atom stereocenters. The maximum Gasteiger partial charge on any atom is 0.294 e. The van der Waals surface area contributed by atoms with Crippen LogP contribution in [0.1, 0.15) is 0 Å². The van der Waals surface area contributed by atoms with Crippen molar-refractivity contribution in [2.24, 2.45) is 0 Å². The van der Waals surface area contributed by atoms with Crippen LogP contribution in [0.25, 0.3) is 21.5 Å². The molecule has 0 fully saturated rings. The molecule has 0 aliphatic carbocycles. The van der Waals surface area contributed by atoms with Gasteiger partial charge in [-0.05, 0) is 83.6 Å². The SMILES string of the molecule is O=S(=O)(O)c1ccc(Nc2nc(Nc3ccc4c(O)cccc4c3)nc(Nc3ccc4c(O)cccc4c3)n2)cc1. The number of nitrogens with one attached hydrogen (secondary N) is 3. The van der Waals surface area contributed by atoms with Crippen LogP contribution in [0.15, 0.2) is 102 Å². The van der Waals surface area contributed by atoms with Crippen molar-refractivity contribution in [3.8, 4) is 11.5 Å². The maximum atomic E-state index is 11.4. The Morgan fingerprint density at radius 1 is 0.537 bits per heavy atom. The molecule has 6 N–H and O–H groups in total. The summed E-state index contributed by atoms with van der Waals surface area (Å²) in [6.45, 7) is 0. The minimum absolute atomic E-state index is 0.154. The lowest BCUT2D eigenvalue weighted by Crippen LogP contribution is -2.07. The predicted molar refractivity (Wildman–Crippen MR) is 157 cm³/mol. The molecule has 6 rings (SSSR count). The molecule has 204 valence electrons. The third-order valence-corrected chi connectivity index (χ3v) is 7.14. The highest BCUT2D eigenvalue weighted by atomic mass is 32.2. The van der Waals surface area contributed by atoms with Crippen molar-refractivity contribution in [2.45, 2.75) is 4.90 Å². The third kappa shape index (κ3) is 5.64. The second-order valence-electron chi connectivity index (χ2n) is 9.11. The molecular formula is C29H22N6O5S. The van der Waals surface area contributed by atoms with Crippen LogP contribution in [0.5, 0.6) is 11.5 Å². The predicted octanol–water partition coefficient (Wildman–Crippen LogP) is 6.07. The summed E-state index contributed by atoms with van der Waals surface area (Å²) >= 11 is 0. The van der Waals surface area contributed by atoms with Gasteiger partial charge in [0.25, 0.3) is 10.1 Å². The Morgan fingerprint density at radius 3 is 1.39 bits per heavy atom. The van der Waals surface area contributed by atoms with Crippen LogP contribution in [0.2, 0.25) is 0 Å². The molecule has 12 heteroatoms. The van der Waals surface area contributed by atoms with Crippen molar-refractivity contribution in [3.63, 3.8) is 0 Å². The Labute approximate surface area is 233 Å². The highest BCUT2D eigenvalue weighted by Crippen LogP contribution is 2.30. The van der Waals surface area contributed by atoms with E-state index in [9.17, 15) is 23.2 Å². The van der Waals surface area contributed by atoms with Gasteiger partial charge in [0.1, 0.15) is 11.5 Å². The normalized spacial score (nSPS) is 11.4. The smallest absolute Gasteiger partial charge is 0.294 e. The van der Waals surface area contributed by atoms with Crippen LogP contribution in [-0.2, 0) is 10.1 Å². The van der Waals surface area contributed by atoms with Gasteiger partial charge in [0, 0.05) is 27.8 Å². The van der Waals surface area contributed by atoms with Crippen LogP contribution in [0.4, 0.5) is 34.9 Å². The lowest BCUT2D eigenvalue weighted by atomic mass is 10.1. The third-order valence-electron chi connectivity index (χ3n) is 6.27. The van der Waals surface area contributed by atoms with Crippen molar-refractivity contribution in [3.05, 3.63) is 97.1 Å². The molecule has 0 saturated heterocycles. The molecule has 1 heterocycles. The van der Waals surface area contributed by atoms with Gasteiger partial charge in [-0.25, -0.2) is 0 Å². The second-order valence-corrected chi connectivity index (χ2v) is 10.5. The first-order chi connectivity index (χ1) is 19.7. The first kappa shape index (κ1) is 25.8. The largest absolute Gasteiger partial charge is 0.507 e. The summed E-state index contributed by atoms with van der Waals surface area (Å²) in [5.74, 6) is 0.920. The summed E-state index contributed by atoms with van der Waals surface area (Å²) in [6.07, 6.45) is 0. The number of anilines is 6. The summed E-state index contributed by atoms with van der Waals surface area (Å²) in [6, 6.07) is 26.8. The lowest BCUT2D eigenvalue weighted by molar-refractivity contribution is 0.481. The zero-order valence-corrected chi connectivity index (χ0v) is 22.0. The number of aromatic hydroxyl groups is 2. The monoisotopic (exact) mass is 566 g/mol. The van der Waals surface area contributed by atoms with Crippen LogP contribution in [0.3, 0.4) is 0 Å². The van der Waals surface area contributed by atoms with Gasteiger partial charge in [-0.2, -0.15) is 23.4 Å². The van der Waals surface area contributed by atoms with Crippen molar-refractivity contribution >= 4 is 66.6 Å². The van der Waals surface area contributed by atoms with Gasteiger partial charge in [0.15, 0.2) is 0 Å². The maximum absolute atomic E-state index is 11.4. The van der Waals surface area contributed by atoms with Crippen LogP contribution in [-0.4, -0.2) is 38.1 Å². The fourth-order valence-corrected chi connectivity index (χ4v) is 4.81. The first-order valence-corrected chi connectivity index (χ1v) is 13.7. The number of phenolic OH excluding ortho intramolecular Hbond substituents is 2. The van der Waals surface area contributed by atoms with Crippen molar-refractivity contribution in [1.82, 2.24) is 15.0 Å². The van der Waals surface area contributed by atoms with Gasteiger partial charge in [0.2, 0.25) is 17.8 Å². The number of hydrogen-bond acceptors (Lipinski definition) is 10. The number of rotatable bonds is 7. The molecule has 0 spiro atoms. The number of nitrogens with zero attached hydrogens (tertiary/aromatic N) is 3. The van der Waals surface area contributed by atoms with E-state index in [0.29, 0.717) is 27.8 Å². The average Bonchev–Trinajstić information content (AvgIpc) is 2.93.